The number of ether oxygens (including phenoxy) is 1. The van der Waals surface area contributed by atoms with Crippen molar-refractivity contribution in [2.75, 3.05) is 17.3 Å². The van der Waals surface area contributed by atoms with E-state index >= 15 is 0 Å². The monoisotopic (exact) mass is 414 g/mol. The minimum atomic E-state index is -0.328. The number of carbonyl (C=O) groups excluding carboxylic acids is 3. The molecule has 6 atom stereocenters. The van der Waals surface area contributed by atoms with E-state index in [1.807, 2.05) is 12.1 Å². The second kappa shape index (κ2) is 6.54. The molecular weight excluding hydrogens is 392 g/mol. The quantitative estimate of drug-likeness (QED) is 0.614. The topological polar surface area (TPSA) is 75.7 Å². The zero-order chi connectivity index (χ0) is 21.3. The molecule has 1 heterocycles. The van der Waals surface area contributed by atoms with Crippen LogP contribution in [0.3, 0.4) is 0 Å². The lowest BCUT2D eigenvalue weighted by Crippen LogP contribution is -2.40. The molecule has 6 nitrogen and oxygen atoms in total. The van der Waals surface area contributed by atoms with Gasteiger partial charge in [-0.3, -0.25) is 14.4 Å². The summed E-state index contributed by atoms with van der Waals surface area (Å²) in [5.41, 5.74) is 1.40. The summed E-state index contributed by atoms with van der Waals surface area (Å²) in [7, 11) is 1.54. The molecule has 2 bridgehead atoms. The third-order valence-electron chi connectivity index (χ3n) is 7.38. The average molecular weight is 414 g/mol. The van der Waals surface area contributed by atoms with Crippen molar-refractivity contribution < 1.29 is 19.1 Å². The van der Waals surface area contributed by atoms with Gasteiger partial charge in [-0.05, 0) is 60.4 Å². The van der Waals surface area contributed by atoms with Crippen molar-refractivity contribution in [1.29, 1.82) is 0 Å². The number of nitrogens with zero attached hydrogens (tertiary/aromatic N) is 1. The number of allylic oxidation sites excluding steroid dienone is 2. The highest BCUT2D eigenvalue weighted by Gasteiger charge is 2.67. The Hall–Kier alpha value is -3.41. The third kappa shape index (κ3) is 2.60. The van der Waals surface area contributed by atoms with E-state index in [1.54, 1.807) is 43.5 Å². The van der Waals surface area contributed by atoms with Crippen LogP contribution in [0.2, 0.25) is 0 Å². The number of anilines is 2. The van der Waals surface area contributed by atoms with Crippen LogP contribution in [0, 0.1) is 35.5 Å². The molecule has 2 aromatic carbocycles. The van der Waals surface area contributed by atoms with Gasteiger partial charge in [0.2, 0.25) is 11.8 Å². The highest BCUT2D eigenvalue weighted by molar-refractivity contribution is 6.23. The van der Waals surface area contributed by atoms with Gasteiger partial charge in [0.25, 0.3) is 5.91 Å². The molecular formula is C25H22N2O4. The van der Waals surface area contributed by atoms with Crippen LogP contribution in [-0.4, -0.2) is 24.8 Å². The van der Waals surface area contributed by atoms with E-state index in [2.05, 4.69) is 17.5 Å². The number of methoxy groups -OCH3 is 1. The van der Waals surface area contributed by atoms with Gasteiger partial charge in [-0.15, -0.1) is 0 Å². The molecule has 0 unspecified atom stereocenters. The highest BCUT2D eigenvalue weighted by atomic mass is 16.5. The fraction of sp³-hybridized carbons (Fsp3) is 0.320. The normalized spacial score (nSPS) is 32.0. The van der Waals surface area contributed by atoms with Gasteiger partial charge >= 0.3 is 0 Å². The standard InChI is InChI=1S/C25H22N2O4/c1-31-20-8-3-2-7-19(20)26-23(28)13-5-4-6-14(11-13)27-24(29)21-15-9-10-16(18-12-17(15)18)22(21)25(27)30/h2-11,15-18,21-22H,12H2,1H3,(H,26,28)/t15-,16-,17-,18-,21+,22+/m0/s1. The molecule has 4 aliphatic carbocycles. The van der Waals surface area contributed by atoms with Crippen molar-refractivity contribution in [1.82, 2.24) is 0 Å². The van der Waals surface area contributed by atoms with Gasteiger partial charge in [-0.1, -0.05) is 30.4 Å². The number of hydrogen-bond donors (Lipinski definition) is 1. The summed E-state index contributed by atoms with van der Waals surface area (Å²) in [5.74, 6) is 0.959. The van der Waals surface area contributed by atoms with Crippen molar-refractivity contribution in [2.24, 2.45) is 35.5 Å². The average Bonchev–Trinajstić information content (AvgIpc) is 3.57. The molecule has 3 fully saturated rings. The van der Waals surface area contributed by atoms with Gasteiger partial charge in [0.15, 0.2) is 0 Å². The Morgan fingerprint density at radius 3 is 2.32 bits per heavy atom. The van der Waals surface area contributed by atoms with Crippen molar-refractivity contribution in [2.45, 2.75) is 6.42 Å². The van der Waals surface area contributed by atoms with E-state index in [4.69, 9.17) is 4.74 Å². The van der Waals surface area contributed by atoms with Crippen molar-refractivity contribution in [3.63, 3.8) is 0 Å². The molecule has 1 aliphatic heterocycles. The lowest BCUT2D eigenvalue weighted by atomic mass is 9.63. The molecule has 1 N–H and O–H groups in total. The van der Waals surface area contributed by atoms with E-state index in [9.17, 15) is 14.4 Å². The molecule has 0 radical (unpaired) electrons. The van der Waals surface area contributed by atoms with E-state index < -0.39 is 0 Å². The summed E-state index contributed by atoms with van der Waals surface area (Å²) < 4.78 is 5.29. The number of hydrogen-bond acceptors (Lipinski definition) is 4. The predicted octanol–water partition coefficient (Wildman–Crippen LogP) is 3.51. The molecule has 156 valence electrons. The fourth-order valence-corrected chi connectivity index (χ4v) is 5.94. The second-order valence-electron chi connectivity index (χ2n) is 8.87. The number of imide groups is 1. The van der Waals surface area contributed by atoms with Crippen LogP contribution in [-0.2, 0) is 9.59 Å². The van der Waals surface area contributed by atoms with E-state index in [-0.39, 0.29) is 41.4 Å². The molecule has 0 aromatic heterocycles. The smallest absolute Gasteiger partial charge is 0.255 e. The van der Waals surface area contributed by atoms with Gasteiger partial charge in [0, 0.05) is 5.56 Å². The van der Waals surface area contributed by atoms with Crippen molar-refractivity contribution in [3.8, 4) is 5.75 Å². The minimum absolute atomic E-state index is 0.123. The Balaban J connectivity index is 1.29. The molecule has 5 aliphatic rings. The maximum absolute atomic E-state index is 13.3. The van der Waals surface area contributed by atoms with Crippen LogP contribution in [0.4, 0.5) is 11.4 Å². The van der Waals surface area contributed by atoms with E-state index in [0.717, 1.165) is 6.42 Å². The number of amides is 3. The Morgan fingerprint density at radius 2 is 1.65 bits per heavy atom. The Bertz CT molecular complexity index is 1120. The first-order chi connectivity index (χ1) is 15.1. The van der Waals surface area contributed by atoms with Crippen LogP contribution in [0.5, 0.6) is 5.75 Å². The second-order valence-corrected chi connectivity index (χ2v) is 8.87. The Morgan fingerprint density at radius 1 is 0.968 bits per heavy atom. The van der Waals surface area contributed by atoms with Gasteiger partial charge in [0.05, 0.1) is 30.3 Å². The summed E-state index contributed by atoms with van der Waals surface area (Å²) in [6, 6.07) is 13.9. The fourth-order valence-electron chi connectivity index (χ4n) is 5.94. The van der Waals surface area contributed by atoms with Crippen LogP contribution >= 0.6 is 0 Å². The lowest BCUT2D eigenvalue weighted by molar-refractivity contribution is -0.124. The number of benzene rings is 2. The summed E-state index contributed by atoms with van der Waals surface area (Å²) in [6.45, 7) is 0. The summed E-state index contributed by atoms with van der Waals surface area (Å²) in [6.07, 6.45) is 5.45. The first-order valence-corrected chi connectivity index (χ1v) is 10.7. The molecule has 7 rings (SSSR count). The number of nitrogens with one attached hydrogen (secondary N) is 1. The van der Waals surface area contributed by atoms with Gasteiger partial charge in [0.1, 0.15) is 5.75 Å². The minimum Gasteiger partial charge on any atom is -0.495 e. The number of carbonyl (C=O) groups is 3. The maximum atomic E-state index is 13.3. The molecule has 0 spiro atoms. The molecule has 3 amide bonds. The van der Waals surface area contributed by atoms with E-state index in [0.29, 0.717) is 34.5 Å². The summed E-state index contributed by atoms with van der Waals surface area (Å²) in [4.78, 5) is 40.8. The number of para-hydroxylation sites is 2. The van der Waals surface area contributed by atoms with E-state index in [1.165, 1.54) is 4.90 Å². The molecule has 6 heteroatoms. The molecule has 31 heavy (non-hydrogen) atoms. The van der Waals surface area contributed by atoms with Crippen LogP contribution in [0.25, 0.3) is 0 Å². The van der Waals surface area contributed by atoms with Crippen molar-refractivity contribution >= 4 is 29.1 Å². The largest absolute Gasteiger partial charge is 0.495 e. The molecule has 2 saturated carbocycles. The van der Waals surface area contributed by atoms with Gasteiger partial charge in [-0.25, -0.2) is 4.90 Å². The predicted molar refractivity (Wildman–Crippen MR) is 115 cm³/mol. The Labute approximate surface area is 179 Å². The maximum Gasteiger partial charge on any atom is 0.255 e. The zero-order valence-corrected chi connectivity index (χ0v) is 17.0. The van der Waals surface area contributed by atoms with Gasteiger partial charge in [-0.2, -0.15) is 0 Å². The zero-order valence-electron chi connectivity index (χ0n) is 17.0. The first-order valence-electron chi connectivity index (χ1n) is 10.7. The summed E-state index contributed by atoms with van der Waals surface area (Å²) in [5, 5.41) is 2.84. The lowest BCUT2D eigenvalue weighted by Gasteiger charge is -2.37. The molecule has 2 aromatic rings. The summed E-state index contributed by atoms with van der Waals surface area (Å²) >= 11 is 0. The van der Waals surface area contributed by atoms with Crippen LogP contribution < -0.4 is 15.0 Å². The first kappa shape index (κ1) is 18.4. The van der Waals surface area contributed by atoms with Crippen molar-refractivity contribution in [3.05, 3.63) is 66.2 Å². The Kier molecular flexibility index (Phi) is 3.88. The molecule has 1 saturated heterocycles. The van der Waals surface area contributed by atoms with Crippen LogP contribution in [0.1, 0.15) is 16.8 Å². The van der Waals surface area contributed by atoms with Crippen LogP contribution in [0.15, 0.2) is 60.7 Å². The third-order valence-corrected chi connectivity index (χ3v) is 7.38. The highest BCUT2D eigenvalue weighted by Crippen LogP contribution is 2.65. The van der Waals surface area contributed by atoms with Gasteiger partial charge < -0.3 is 10.1 Å². The number of rotatable bonds is 4. The SMILES string of the molecule is COc1ccccc1NC(=O)c1cccc(N2C(=O)[C@@H]3[C@H]4C=C[C@@H]([C@@H]5C[C@@H]45)[C@H]3C2=O)c1.